The molecule has 6 rings (SSSR count). The number of methoxy groups -OCH3 is 1. The predicted molar refractivity (Wildman–Crippen MR) is 194 cm³/mol. The molecule has 2 amide bonds. The number of anilines is 2. The number of hydrogen-bond acceptors (Lipinski definition) is 9. The zero-order chi connectivity index (χ0) is 37.5. The number of carbonyl (C=O) groups is 2. The van der Waals surface area contributed by atoms with Gasteiger partial charge in [0.25, 0.3) is 0 Å². The van der Waals surface area contributed by atoms with Crippen LogP contribution in [0.4, 0.5) is 24.8 Å². The number of likely N-dealkylation sites (tertiary alicyclic amines) is 2. The lowest BCUT2D eigenvalue weighted by Crippen LogP contribution is -2.37. The van der Waals surface area contributed by atoms with Gasteiger partial charge in [-0.05, 0) is 83.4 Å². The lowest BCUT2D eigenvalue weighted by atomic mass is 9.93. The molecule has 0 aliphatic carbocycles. The number of piperidine rings is 2. The Morgan fingerprint density at radius 2 is 1.42 bits per heavy atom. The number of aromatic nitrogens is 6. The van der Waals surface area contributed by atoms with Crippen LogP contribution in [-0.2, 0) is 9.59 Å². The standard InChI is InChI=1S/C37H47F3N10O3/c1-22(11-16-49-13-5-4-6-14-49)36(51)44-35-30(40)33(46-48-35)26-18-27(38)31(42-20-26)25-8-7-15-50(21-25)17-12-23(2)37(52)43-34-29(39)32(45-47-34)24-9-10-28(53-3)41-19-24/h9-10,18-20,22-23,25H,4-8,11-17,21H2,1-3H3,(H2,43,45,47,52)(H2,44,46,48,51). The molecule has 3 atom stereocenters. The maximum atomic E-state index is 15.5. The number of aromatic amines is 2. The van der Waals surface area contributed by atoms with Crippen LogP contribution in [0.5, 0.6) is 5.88 Å². The molecule has 284 valence electrons. The molecule has 2 saturated heterocycles. The SMILES string of the molecule is COc1ccc(-c2[nH]nc(NC(=O)C(C)CCN3CCCC(c4ncc(-c5[nH]nc(NC(=O)C(C)CCN6CCCCC6)c5F)cc4F)C3)c2F)cn1. The third-order valence-corrected chi connectivity index (χ3v) is 10.3. The monoisotopic (exact) mass is 736 g/mol. The Morgan fingerprint density at radius 3 is 2.00 bits per heavy atom. The van der Waals surface area contributed by atoms with Crippen molar-refractivity contribution >= 4 is 23.5 Å². The molecule has 3 unspecified atom stereocenters. The maximum absolute atomic E-state index is 15.5. The van der Waals surface area contributed by atoms with Gasteiger partial charge in [-0.15, -0.1) is 0 Å². The summed E-state index contributed by atoms with van der Waals surface area (Å²) in [5, 5.41) is 18.2. The van der Waals surface area contributed by atoms with E-state index < -0.39 is 23.4 Å². The lowest BCUT2D eigenvalue weighted by molar-refractivity contribution is -0.120. The largest absolute Gasteiger partial charge is 0.481 e. The van der Waals surface area contributed by atoms with Crippen LogP contribution in [0.3, 0.4) is 0 Å². The third-order valence-electron chi connectivity index (χ3n) is 10.3. The van der Waals surface area contributed by atoms with Crippen molar-refractivity contribution in [2.24, 2.45) is 11.8 Å². The van der Waals surface area contributed by atoms with Gasteiger partial charge in [0.2, 0.25) is 17.7 Å². The fourth-order valence-electron chi connectivity index (χ4n) is 6.90. The summed E-state index contributed by atoms with van der Waals surface area (Å²) >= 11 is 0. The Bertz CT molecular complexity index is 1860. The Labute approximate surface area is 306 Å². The van der Waals surface area contributed by atoms with E-state index >= 15 is 13.2 Å². The molecule has 4 aromatic rings. The molecule has 6 heterocycles. The molecule has 4 N–H and O–H groups in total. The molecule has 2 fully saturated rings. The van der Waals surface area contributed by atoms with Crippen molar-refractivity contribution < 1.29 is 27.5 Å². The molecule has 0 radical (unpaired) electrons. The Kier molecular flexibility index (Phi) is 12.4. The van der Waals surface area contributed by atoms with Crippen molar-refractivity contribution in [1.82, 2.24) is 40.2 Å². The maximum Gasteiger partial charge on any atom is 0.228 e. The normalized spacial score (nSPS) is 18.0. The molecular formula is C37H47F3N10O3. The van der Waals surface area contributed by atoms with Crippen molar-refractivity contribution in [2.45, 2.75) is 64.7 Å². The lowest BCUT2D eigenvalue weighted by Gasteiger charge is -2.33. The number of halogens is 3. The smallest absolute Gasteiger partial charge is 0.228 e. The van der Waals surface area contributed by atoms with E-state index in [-0.39, 0.29) is 57.9 Å². The highest BCUT2D eigenvalue weighted by atomic mass is 19.1. The second-order valence-corrected chi connectivity index (χ2v) is 14.1. The van der Waals surface area contributed by atoms with Gasteiger partial charge < -0.3 is 25.2 Å². The average Bonchev–Trinajstić information content (AvgIpc) is 3.73. The summed E-state index contributed by atoms with van der Waals surface area (Å²) in [6.45, 7) is 8.36. The highest BCUT2D eigenvalue weighted by molar-refractivity contribution is 5.92. The molecule has 16 heteroatoms. The van der Waals surface area contributed by atoms with E-state index in [1.54, 1.807) is 19.1 Å². The molecule has 4 aromatic heterocycles. The minimum absolute atomic E-state index is 0.0551. The van der Waals surface area contributed by atoms with Gasteiger partial charge in [0, 0.05) is 53.9 Å². The van der Waals surface area contributed by atoms with Crippen LogP contribution in [0.25, 0.3) is 22.5 Å². The second-order valence-electron chi connectivity index (χ2n) is 14.1. The number of hydrogen-bond donors (Lipinski definition) is 4. The summed E-state index contributed by atoms with van der Waals surface area (Å²) in [5.41, 5.74) is 0.973. The van der Waals surface area contributed by atoms with Crippen LogP contribution in [0.2, 0.25) is 0 Å². The van der Waals surface area contributed by atoms with Gasteiger partial charge in [-0.1, -0.05) is 20.3 Å². The molecule has 0 aromatic carbocycles. The summed E-state index contributed by atoms with van der Waals surface area (Å²) in [5.74, 6) is -3.72. The molecule has 53 heavy (non-hydrogen) atoms. The fraction of sp³-hybridized carbons (Fsp3) is 0.514. The van der Waals surface area contributed by atoms with Crippen LogP contribution in [0, 0.1) is 29.3 Å². The minimum atomic E-state index is -0.775. The summed E-state index contributed by atoms with van der Waals surface area (Å²) < 4.78 is 51.0. The quantitative estimate of drug-likeness (QED) is 0.122. The van der Waals surface area contributed by atoms with Crippen LogP contribution >= 0.6 is 0 Å². The van der Waals surface area contributed by atoms with E-state index in [4.69, 9.17) is 4.74 Å². The van der Waals surface area contributed by atoms with Crippen molar-refractivity contribution in [3.05, 3.63) is 53.7 Å². The number of amides is 2. The van der Waals surface area contributed by atoms with Crippen molar-refractivity contribution in [3.63, 3.8) is 0 Å². The number of carbonyl (C=O) groups excluding carboxylic acids is 2. The van der Waals surface area contributed by atoms with Crippen molar-refractivity contribution in [1.29, 1.82) is 0 Å². The van der Waals surface area contributed by atoms with Crippen molar-refractivity contribution in [3.8, 4) is 28.4 Å². The summed E-state index contributed by atoms with van der Waals surface area (Å²) in [7, 11) is 1.48. The Hall–Kier alpha value is -4.83. The van der Waals surface area contributed by atoms with Gasteiger partial charge in [0.15, 0.2) is 23.3 Å². The van der Waals surface area contributed by atoms with E-state index in [2.05, 4.69) is 50.8 Å². The molecule has 0 spiro atoms. The number of H-pyrrole nitrogens is 2. The second kappa shape index (κ2) is 17.3. The molecule has 0 saturated carbocycles. The van der Waals surface area contributed by atoms with E-state index in [0.29, 0.717) is 37.4 Å². The van der Waals surface area contributed by atoms with Gasteiger partial charge >= 0.3 is 0 Å². The Balaban J connectivity index is 0.994. The minimum Gasteiger partial charge on any atom is -0.481 e. The highest BCUT2D eigenvalue weighted by Gasteiger charge is 2.28. The topological polar surface area (TPSA) is 157 Å². The number of nitrogens with zero attached hydrogens (tertiary/aromatic N) is 6. The first-order chi connectivity index (χ1) is 25.6. The van der Waals surface area contributed by atoms with Gasteiger partial charge in [0.1, 0.15) is 17.2 Å². The number of pyridine rings is 2. The van der Waals surface area contributed by atoms with Crippen LogP contribution in [0.1, 0.15) is 70.4 Å². The first kappa shape index (κ1) is 37.9. The number of ether oxygens (including phenoxy) is 1. The molecule has 2 aliphatic heterocycles. The average molecular weight is 737 g/mol. The Morgan fingerprint density at radius 1 is 0.830 bits per heavy atom. The predicted octanol–water partition coefficient (Wildman–Crippen LogP) is 5.98. The van der Waals surface area contributed by atoms with Crippen molar-refractivity contribution in [2.75, 3.05) is 57.0 Å². The van der Waals surface area contributed by atoms with Crippen LogP contribution in [-0.4, -0.2) is 98.4 Å². The van der Waals surface area contributed by atoms with Gasteiger partial charge in [-0.25, -0.2) is 18.2 Å². The van der Waals surface area contributed by atoms with Crippen LogP contribution < -0.4 is 15.4 Å². The number of nitrogens with one attached hydrogen (secondary N) is 4. The van der Waals surface area contributed by atoms with Gasteiger partial charge in [0.05, 0.1) is 12.8 Å². The third kappa shape index (κ3) is 9.22. The molecule has 13 nitrogen and oxygen atoms in total. The van der Waals surface area contributed by atoms with Crippen LogP contribution in [0.15, 0.2) is 30.6 Å². The molecular weight excluding hydrogens is 689 g/mol. The van der Waals surface area contributed by atoms with E-state index in [9.17, 15) is 9.59 Å². The molecule has 2 aliphatic rings. The first-order valence-electron chi connectivity index (χ1n) is 18.3. The van der Waals surface area contributed by atoms with E-state index in [0.717, 1.165) is 39.0 Å². The zero-order valence-corrected chi connectivity index (χ0v) is 30.4. The van der Waals surface area contributed by atoms with E-state index in [1.807, 2.05) is 6.92 Å². The van der Waals surface area contributed by atoms with Gasteiger partial charge in [-0.3, -0.25) is 24.8 Å². The van der Waals surface area contributed by atoms with Gasteiger partial charge in [-0.2, -0.15) is 10.2 Å². The van der Waals surface area contributed by atoms with E-state index in [1.165, 1.54) is 44.8 Å². The number of rotatable bonds is 14. The fourth-order valence-corrected chi connectivity index (χ4v) is 6.90. The summed E-state index contributed by atoms with van der Waals surface area (Å²) in [6, 6.07) is 4.47. The zero-order valence-electron chi connectivity index (χ0n) is 30.4. The highest BCUT2D eigenvalue weighted by Crippen LogP contribution is 2.32. The first-order valence-corrected chi connectivity index (χ1v) is 18.3. The summed E-state index contributed by atoms with van der Waals surface area (Å²) in [4.78, 5) is 38.7. The summed E-state index contributed by atoms with van der Waals surface area (Å²) in [6.07, 6.45) is 9.13. The molecule has 0 bridgehead atoms.